The van der Waals surface area contributed by atoms with Crippen LogP contribution in [0.5, 0.6) is 0 Å². The smallest absolute Gasteiger partial charge is 0.435 e. The molecule has 3 aromatic rings. The number of hydrogen-bond donors (Lipinski definition) is 1. The third-order valence-electron chi connectivity index (χ3n) is 3.04. The van der Waals surface area contributed by atoms with Crippen molar-refractivity contribution < 1.29 is 17.6 Å². The SMILES string of the molecule is NCc1ccnc(-n2nc(C(F)(F)F)cc2-c2ccco2)c1. The van der Waals surface area contributed by atoms with E-state index in [-0.39, 0.29) is 23.8 Å². The highest BCUT2D eigenvalue weighted by Gasteiger charge is 2.35. The summed E-state index contributed by atoms with van der Waals surface area (Å²) in [5.41, 5.74) is 5.43. The summed E-state index contributed by atoms with van der Waals surface area (Å²) in [4.78, 5) is 4.06. The molecule has 0 radical (unpaired) electrons. The Hall–Kier alpha value is -2.61. The van der Waals surface area contributed by atoms with Gasteiger partial charge >= 0.3 is 6.18 Å². The molecule has 0 fully saturated rings. The Morgan fingerprint density at radius 3 is 2.68 bits per heavy atom. The molecule has 8 heteroatoms. The maximum absolute atomic E-state index is 12.9. The van der Waals surface area contributed by atoms with E-state index in [1.807, 2.05) is 0 Å². The number of hydrogen-bond acceptors (Lipinski definition) is 4. The fourth-order valence-corrected chi connectivity index (χ4v) is 2.00. The second-order valence-corrected chi connectivity index (χ2v) is 4.53. The molecule has 5 nitrogen and oxygen atoms in total. The van der Waals surface area contributed by atoms with Crippen LogP contribution in [0.2, 0.25) is 0 Å². The lowest BCUT2D eigenvalue weighted by molar-refractivity contribution is -0.141. The molecule has 114 valence electrons. The van der Waals surface area contributed by atoms with Crippen molar-refractivity contribution in [3.05, 3.63) is 54.0 Å². The molecule has 0 saturated heterocycles. The van der Waals surface area contributed by atoms with Gasteiger partial charge in [0.15, 0.2) is 17.3 Å². The normalized spacial score (nSPS) is 11.8. The lowest BCUT2D eigenvalue weighted by Gasteiger charge is -2.06. The van der Waals surface area contributed by atoms with Gasteiger partial charge in [-0.25, -0.2) is 9.67 Å². The zero-order valence-corrected chi connectivity index (χ0v) is 11.2. The van der Waals surface area contributed by atoms with E-state index in [4.69, 9.17) is 10.2 Å². The minimum absolute atomic E-state index is 0.166. The van der Waals surface area contributed by atoms with Gasteiger partial charge in [-0.3, -0.25) is 0 Å². The van der Waals surface area contributed by atoms with Gasteiger partial charge in [-0.1, -0.05) is 0 Å². The quantitative estimate of drug-likeness (QED) is 0.807. The standard InChI is InChI=1S/C14H11F3N4O/c15-14(16,17)12-7-10(11-2-1-5-22-11)21(20-12)13-6-9(8-18)3-4-19-13/h1-7H,8,18H2. The fourth-order valence-electron chi connectivity index (χ4n) is 2.00. The second-order valence-electron chi connectivity index (χ2n) is 4.53. The first-order valence-corrected chi connectivity index (χ1v) is 6.35. The number of nitrogens with zero attached hydrogens (tertiary/aromatic N) is 3. The average molecular weight is 308 g/mol. The summed E-state index contributed by atoms with van der Waals surface area (Å²) in [7, 11) is 0. The molecule has 0 aliphatic carbocycles. The van der Waals surface area contributed by atoms with Crippen molar-refractivity contribution in [1.29, 1.82) is 0 Å². The molecule has 2 N–H and O–H groups in total. The minimum atomic E-state index is -4.56. The van der Waals surface area contributed by atoms with Crippen molar-refractivity contribution in [2.45, 2.75) is 12.7 Å². The highest BCUT2D eigenvalue weighted by molar-refractivity contribution is 5.56. The highest BCUT2D eigenvalue weighted by Crippen LogP contribution is 2.33. The van der Waals surface area contributed by atoms with Gasteiger partial charge < -0.3 is 10.2 Å². The number of rotatable bonds is 3. The van der Waals surface area contributed by atoms with Crippen molar-refractivity contribution in [3.63, 3.8) is 0 Å². The van der Waals surface area contributed by atoms with Crippen LogP contribution in [0.4, 0.5) is 13.2 Å². The topological polar surface area (TPSA) is 69.9 Å². The first-order chi connectivity index (χ1) is 10.5. The molecule has 3 aromatic heterocycles. The first-order valence-electron chi connectivity index (χ1n) is 6.35. The van der Waals surface area contributed by atoms with E-state index in [9.17, 15) is 13.2 Å². The predicted octanol–water partition coefficient (Wildman–Crippen LogP) is 3.00. The van der Waals surface area contributed by atoms with Crippen LogP contribution in [0.1, 0.15) is 11.3 Å². The Kier molecular flexibility index (Phi) is 3.45. The van der Waals surface area contributed by atoms with Crippen LogP contribution in [0, 0.1) is 0 Å². The predicted molar refractivity (Wildman–Crippen MR) is 72.0 cm³/mol. The number of halogens is 3. The lowest BCUT2D eigenvalue weighted by atomic mass is 10.2. The maximum atomic E-state index is 12.9. The Bertz CT molecular complexity index is 778. The maximum Gasteiger partial charge on any atom is 0.435 e. The van der Waals surface area contributed by atoms with Crippen LogP contribution in [0.25, 0.3) is 17.3 Å². The largest absolute Gasteiger partial charge is 0.463 e. The highest BCUT2D eigenvalue weighted by atomic mass is 19.4. The molecular formula is C14H11F3N4O. The van der Waals surface area contributed by atoms with Crippen LogP contribution in [0.15, 0.2) is 47.2 Å². The van der Waals surface area contributed by atoms with E-state index in [2.05, 4.69) is 10.1 Å². The van der Waals surface area contributed by atoms with Crippen LogP contribution >= 0.6 is 0 Å². The van der Waals surface area contributed by atoms with Crippen molar-refractivity contribution >= 4 is 0 Å². The zero-order valence-electron chi connectivity index (χ0n) is 11.2. The van der Waals surface area contributed by atoms with Crippen LogP contribution in [-0.4, -0.2) is 14.8 Å². The lowest BCUT2D eigenvalue weighted by Crippen LogP contribution is -2.08. The van der Waals surface area contributed by atoms with E-state index < -0.39 is 11.9 Å². The van der Waals surface area contributed by atoms with E-state index in [1.54, 1.807) is 24.3 Å². The Balaban J connectivity index is 2.18. The van der Waals surface area contributed by atoms with Crippen molar-refractivity contribution in [2.75, 3.05) is 0 Å². The molecule has 3 rings (SSSR count). The molecule has 0 spiro atoms. The molecule has 0 aliphatic heterocycles. The van der Waals surface area contributed by atoms with Gasteiger partial charge in [0.2, 0.25) is 0 Å². The first kappa shape index (κ1) is 14.3. The molecule has 0 saturated carbocycles. The van der Waals surface area contributed by atoms with Gasteiger partial charge in [0.05, 0.1) is 6.26 Å². The fraction of sp³-hybridized carbons (Fsp3) is 0.143. The summed E-state index contributed by atoms with van der Waals surface area (Å²) in [6.45, 7) is 0.249. The Morgan fingerprint density at radius 1 is 1.23 bits per heavy atom. The van der Waals surface area contributed by atoms with E-state index in [0.29, 0.717) is 0 Å². The summed E-state index contributed by atoms with van der Waals surface area (Å²) in [5.74, 6) is 0.507. The van der Waals surface area contributed by atoms with Gasteiger partial charge in [0, 0.05) is 18.8 Å². The van der Waals surface area contributed by atoms with Crippen LogP contribution in [-0.2, 0) is 12.7 Å². The molecule has 0 bridgehead atoms. The average Bonchev–Trinajstić information content (AvgIpc) is 3.15. The van der Waals surface area contributed by atoms with Crippen molar-refractivity contribution in [3.8, 4) is 17.3 Å². The number of alkyl halides is 3. The van der Waals surface area contributed by atoms with E-state index >= 15 is 0 Å². The van der Waals surface area contributed by atoms with E-state index in [0.717, 1.165) is 16.3 Å². The van der Waals surface area contributed by atoms with E-state index in [1.165, 1.54) is 12.5 Å². The number of furan rings is 1. The third kappa shape index (κ3) is 2.60. The summed E-state index contributed by atoms with van der Waals surface area (Å²) >= 11 is 0. The van der Waals surface area contributed by atoms with Gasteiger partial charge in [-0.15, -0.1) is 0 Å². The molecule has 3 heterocycles. The van der Waals surface area contributed by atoms with Crippen LogP contribution < -0.4 is 5.73 Å². The molecule has 0 unspecified atom stereocenters. The summed E-state index contributed by atoms with van der Waals surface area (Å²) in [6, 6.07) is 7.34. The Morgan fingerprint density at radius 2 is 2.05 bits per heavy atom. The van der Waals surface area contributed by atoms with Gasteiger partial charge in [0.25, 0.3) is 0 Å². The van der Waals surface area contributed by atoms with Gasteiger partial charge in [0.1, 0.15) is 5.69 Å². The second kappa shape index (κ2) is 5.30. The number of aromatic nitrogens is 3. The van der Waals surface area contributed by atoms with Crippen LogP contribution in [0.3, 0.4) is 0 Å². The van der Waals surface area contributed by atoms with Crippen molar-refractivity contribution in [1.82, 2.24) is 14.8 Å². The third-order valence-corrected chi connectivity index (χ3v) is 3.04. The summed E-state index contributed by atoms with van der Waals surface area (Å²) in [6.07, 6.45) is -1.71. The summed E-state index contributed by atoms with van der Waals surface area (Å²) in [5, 5.41) is 3.61. The Labute approximate surface area is 123 Å². The monoisotopic (exact) mass is 308 g/mol. The minimum Gasteiger partial charge on any atom is -0.463 e. The zero-order chi connectivity index (χ0) is 15.7. The molecule has 0 aliphatic rings. The summed E-state index contributed by atoms with van der Waals surface area (Å²) < 4.78 is 45.1. The van der Waals surface area contributed by atoms with Crippen molar-refractivity contribution in [2.24, 2.45) is 5.73 Å². The molecular weight excluding hydrogens is 297 g/mol. The molecule has 0 atom stereocenters. The van der Waals surface area contributed by atoms with Gasteiger partial charge in [-0.05, 0) is 29.8 Å². The molecule has 0 amide bonds. The molecule has 0 aromatic carbocycles. The molecule has 22 heavy (non-hydrogen) atoms. The van der Waals surface area contributed by atoms with Gasteiger partial charge in [-0.2, -0.15) is 18.3 Å². The number of nitrogens with two attached hydrogens (primary N) is 1. The number of pyridine rings is 1.